The molecule has 1 amide bonds. The van der Waals surface area contributed by atoms with Gasteiger partial charge in [-0.05, 0) is 6.42 Å². The molecule has 0 saturated heterocycles. The second kappa shape index (κ2) is 6.91. The third-order valence-electron chi connectivity index (χ3n) is 2.33. The molecule has 19 heavy (non-hydrogen) atoms. The van der Waals surface area contributed by atoms with Crippen LogP contribution in [-0.2, 0) is 4.74 Å². The minimum absolute atomic E-state index is 0.178. The van der Waals surface area contributed by atoms with Gasteiger partial charge in [0.15, 0.2) is 0 Å². The molecule has 0 aliphatic carbocycles. The van der Waals surface area contributed by atoms with Crippen molar-refractivity contribution in [3.05, 3.63) is 29.7 Å². The van der Waals surface area contributed by atoms with Crippen molar-refractivity contribution >= 4 is 17.2 Å². The van der Waals surface area contributed by atoms with Crippen molar-refractivity contribution in [2.24, 2.45) is 0 Å². The Kier molecular flexibility index (Phi) is 4.93. The maximum atomic E-state index is 11.8. The van der Waals surface area contributed by atoms with E-state index < -0.39 is 0 Å². The summed E-state index contributed by atoms with van der Waals surface area (Å²) < 4.78 is 4.91. The Morgan fingerprint density at radius 2 is 2.37 bits per heavy atom. The summed E-state index contributed by atoms with van der Waals surface area (Å²) in [6.45, 7) is 1.20. The molecule has 6 nitrogen and oxygen atoms in total. The minimum atomic E-state index is -0.178. The van der Waals surface area contributed by atoms with Gasteiger partial charge in [-0.2, -0.15) is 0 Å². The van der Waals surface area contributed by atoms with Crippen molar-refractivity contribution in [3.63, 3.8) is 0 Å². The van der Waals surface area contributed by atoms with Crippen LogP contribution in [0.25, 0.3) is 10.7 Å². The van der Waals surface area contributed by atoms with Crippen LogP contribution >= 0.6 is 11.3 Å². The average Bonchev–Trinajstić information content (AvgIpc) is 2.94. The summed E-state index contributed by atoms with van der Waals surface area (Å²) in [6, 6.07) is 0. The van der Waals surface area contributed by atoms with E-state index in [1.54, 1.807) is 31.1 Å². The van der Waals surface area contributed by atoms with Crippen molar-refractivity contribution in [3.8, 4) is 10.7 Å². The predicted molar refractivity (Wildman–Crippen MR) is 72.0 cm³/mol. The molecule has 0 unspecified atom stereocenters. The summed E-state index contributed by atoms with van der Waals surface area (Å²) in [7, 11) is 1.63. The smallest absolute Gasteiger partial charge is 0.270 e. The lowest BCUT2D eigenvalue weighted by molar-refractivity contribution is 0.0944. The largest absolute Gasteiger partial charge is 0.385 e. The van der Waals surface area contributed by atoms with Gasteiger partial charge in [-0.25, -0.2) is 4.98 Å². The number of ether oxygens (including phenoxy) is 1. The fourth-order valence-corrected chi connectivity index (χ4v) is 2.17. The molecule has 0 radical (unpaired) electrons. The monoisotopic (exact) mass is 278 g/mol. The van der Waals surface area contributed by atoms with Gasteiger partial charge in [-0.1, -0.05) is 0 Å². The van der Waals surface area contributed by atoms with Crippen LogP contribution in [-0.4, -0.2) is 41.1 Å². The molecule has 0 atom stereocenters. The molecule has 0 aliphatic rings. The van der Waals surface area contributed by atoms with Gasteiger partial charge in [-0.15, -0.1) is 11.3 Å². The summed E-state index contributed by atoms with van der Waals surface area (Å²) in [5.74, 6) is -0.178. The van der Waals surface area contributed by atoms with Crippen molar-refractivity contribution in [1.29, 1.82) is 0 Å². The maximum absolute atomic E-state index is 11.8. The Balaban J connectivity index is 1.95. The van der Waals surface area contributed by atoms with E-state index in [2.05, 4.69) is 20.3 Å². The Morgan fingerprint density at radius 3 is 3.11 bits per heavy atom. The average molecular weight is 278 g/mol. The minimum Gasteiger partial charge on any atom is -0.385 e. The molecule has 2 rings (SSSR count). The fraction of sp³-hybridized carbons (Fsp3) is 0.333. The van der Waals surface area contributed by atoms with Crippen molar-refractivity contribution in [2.75, 3.05) is 20.3 Å². The third kappa shape index (κ3) is 3.80. The molecule has 0 saturated carbocycles. The predicted octanol–water partition coefficient (Wildman–Crippen LogP) is 1.37. The van der Waals surface area contributed by atoms with Gasteiger partial charge in [0.2, 0.25) is 0 Å². The van der Waals surface area contributed by atoms with Gasteiger partial charge >= 0.3 is 0 Å². The SMILES string of the molecule is COCCCNC(=O)c1csc(-c2cnccn2)n1. The number of carbonyl (C=O) groups excluding carboxylic acids is 1. The zero-order valence-electron chi connectivity index (χ0n) is 10.5. The lowest BCUT2D eigenvalue weighted by Crippen LogP contribution is -2.25. The van der Waals surface area contributed by atoms with Crippen LogP contribution in [0.5, 0.6) is 0 Å². The Labute approximate surface area is 114 Å². The number of rotatable bonds is 6. The van der Waals surface area contributed by atoms with Crippen LogP contribution in [0.15, 0.2) is 24.0 Å². The zero-order valence-corrected chi connectivity index (χ0v) is 11.3. The van der Waals surface area contributed by atoms with E-state index in [0.717, 1.165) is 6.42 Å². The number of nitrogens with one attached hydrogen (secondary N) is 1. The van der Waals surface area contributed by atoms with E-state index in [9.17, 15) is 4.79 Å². The van der Waals surface area contributed by atoms with Gasteiger partial charge < -0.3 is 10.1 Å². The molecule has 2 aromatic rings. The van der Waals surface area contributed by atoms with Crippen LogP contribution in [0.2, 0.25) is 0 Å². The third-order valence-corrected chi connectivity index (χ3v) is 3.19. The van der Waals surface area contributed by atoms with E-state index in [-0.39, 0.29) is 5.91 Å². The molecule has 0 fully saturated rings. The van der Waals surface area contributed by atoms with Crippen LogP contribution in [0.1, 0.15) is 16.9 Å². The zero-order chi connectivity index (χ0) is 13.5. The van der Waals surface area contributed by atoms with Crippen LogP contribution in [0.3, 0.4) is 0 Å². The number of carbonyl (C=O) groups is 1. The van der Waals surface area contributed by atoms with Gasteiger partial charge in [0, 0.05) is 38.0 Å². The molecule has 2 heterocycles. The quantitative estimate of drug-likeness (QED) is 0.807. The number of hydrogen-bond acceptors (Lipinski definition) is 6. The highest BCUT2D eigenvalue weighted by Gasteiger charge is 2.11. The summed E-state index contributed by atoms with van der Waals surface area (Å²) >= 11 is 1.38. The normalized spacial score (nSPS) is 10.4. The highest BCUT2D eigenvalue weighted by molar-refractivity contribution is 7.13. The van der Waals surface area contributed by atoms with E-state index in [4.69, 9.17) is 4.74 Å². The number of nitrogens with zero attached hydrogens (tertiary/aromatic N) is 3. The van der Waals surface area contributed by atoms with E-state index in [1.807, 2.05) is 0 Å². The first kappa shape index (κ1) is 13.6. The number of amides is 1. The van der Waals surface area contributed by atoms with Gasteiger partial charge in [0.1, 0.15) is 16.4 Å². The number of aromatic nitrogens is 3. The van der Waals surface area contributed by atoms with Crippen molar-refractivity contribution < 1.29 is 9.53 Å². The molecule has 7 heteroatoms. The standard InChI is InChI=1S/C12H14N4O2S/c1-18-6-2-3-15-11(17)10-8-19-12(16-10)9-7-13-4-5-14-9/h4-5,7-8H,2-3,6H2,1H3,(H,15,17). The number of methoxy groups -OCH3 is 1. The van der Waals surface area contributed by atoms with E-state index in [0.29, 0.717) is 29.5 Å². The molecule has 100 valence electrons. The second-order valence-corrected chi connectivity index (χ2v) is 4.59. The molecule has 0 spiro atoms. The molecule has 2 aromatic heterocycles. The maximum Gasteiger partial charge on any atom is 0.270 e. The Morgan fingerprint density at radius 1 is 1.47 bits per heavy atom. The first-order valence-corrected chi connectivity index (χ1v) is 6.68. The summed E-state index contributed by atoms with van der Waals surface area (Å²) in [5.41, 5.74) is 1.08. The highest BCUT2D eigenvalue weighted by Crippen LogP contribution is 2.20. The van der Waals surface area contributed by atoms with Crippen molar-refractivity contribution in [1.82, 2.24) is 20.3 Å². The molecule has 0 aliphatic heterocycles. The van der Waals surface area contributed by atoms with Gasteiger partial charge in [0.25, 0.3) is 5.91 Å². The van der Waals surface area contributed by atoms with E-state index >= 15 is 0 Å². The molecular formula is C12H14N4O2S. The Bertz CT molecular complexity index is 530. The first-order valence-electron chi connectivity index (χ1n) is 5.80. The Hall–Kier alpha value is -1.86. The number of hydrogen-bond donors (Lipinski definition) is 1. The second-order valence-electron chi connectivity index (χ2n) is 3.73. The van der Waals surface area contributed by atoms with E-state index in [1.165, 1.54) is 11.3 Å². The first-order chi connectivity index (χ1) is 9.31. The van der Waals surface area contributed by atoms with Crippen molar-refractivity contribution in [2.45, 2.75) is 6.42 Å². The fourth-order valence-electron chi connectivity index (χ4n) is 1.41. The highest BCUT2D eigenvalue weighted by atomic mass is 32.1. The van der Waals surface area contributed by atoms with Crippen LogP contribution in [0.4, 0.5) is 0 Å². The van der Waals surface area contributed by atoms with Crippen LogP contribution in [0, 0.1) is 0 Å². The van der Waals surface area contributed by atoms with Gasteiger partial charge in [-0.3, -0.25) is 14.8 Å². The number of thiazole rings is 1. The van der Waals surface area contributed by atoms with Crippen LogP contribution < -0.4 is 5.32 Å². The lowest BCUT2D eigenvalue weighted by atomic mass is 10.4. The molecule has 1 N–H and O–H groups in total. The molecule has 0 bridgehead atoms. The summed E-state index contributed by atoms with van der Waals surface area (Å²) in [6.07, 6.45) is 5.60. The molecule has 0 aromatic carbocycles. The lowest BCUT2D eigenvalue weighted by Gasteiger charge is -2.01. The summed E-state index contributed by atoms with van der Waals surface area (Å²) in [5, 5.41) is 5.20. The summed E-state index contributed by atoms with van der Waals surface area (Å²) in [4.78, 5) is 24.2. The molecular weight excluding hydrogens is 264 g/mol. The topological polar surface area (TPSA) is 77.0 Å². The van der Waals surface area contributed by atoms with Gasteiger partial charge in [0.05, 0.1) is 6.20 Å².